The quantitative estimate of drug-likeness (QED) is 0.689. The summed E-state index contributed by atoms with van der Waals surface area (Å²) < 4.78 is 34.1. The number of nitrogens with one attached hydrogen (secondary N) is 1. The highest BCUT2D eigenvalue weighted by Crippen LogP contribution is 2.44. The van der Waals surface area contributed by atoms with Crippen LogP contribution >= 0.6 is 0 Å². The van der Waals surface area contributed by atoms with Gasteiger partial charge in [-0.2, -0.15) is 0 Å². The number of aromatic amines is 1. The first-order chi connectivity index (χ1) is 15.3. The van der Waals surface area contributed by atoms with Crippen molar-refractivity contribution in [3.8, 4) is 11.5 Å². The van der Waals surface area contributed by atoms with Crippen LogP contribution < -0.4 is 9.47 Å². The second kappa shape index (κ2) is 5.76. The van der Waals surface area contributed by atoms with Gasteiger partial charge in [0.1, 0.15) is 6.04 Å². The summed E-state index contributed by atoms with van der Waals surface area (Å²) >= 11 is 0. The number of rotatable bonds is 1. The molecule has 3 aliphatic rings. The molecule has 1 fully saturated rings. The van der Waals surface area contributed by atoms with Crippen LogP contribution in [0.2, 0.25) is 0 Å². The van der Waals surface area contributed by atoms with E-state index in [1.807, 2.05) is 36.4 Å². The van der Waals surface area contributed by atoms with Gasteiger partial charge in [0.2, 0.25) is 18.6 Å². The van der Waals surface area contributed by atoms with E-state index in [0.29, 0.717) is 16.4 Å². The Morgan fingerprint density at radius 3 is 2.90 bits per heavy atom. The number of ether oxygens (including phenoxy) is 2. The van der Waals surface area contributed by atoms with Gasteiger partial charge >= 0.3 is 0 Å². The van der Waals surface area contributed by atoms with Gasteiger partial charge in [0.05, 0.1) is 12.6 Å². The minimum atomic E-state index is -2.67. The number of carbonyl (C=O) groups is 2. The monoisotopic (exact) mass is 392 g/mol. The summed E-state index contributed by atoms with van der Waals surface area (Å²) in [5.74, 6) is 0.221. The predicted molar refractivity (Wildman–Crippen MR) is 105 cm³/mol. The zero-order valence-electron chi connectivity index (χ0n) is 18.3. The van der Waals surface area contributed by atoms with Crippen LogP contribution in [0.3, 0.4) is 0 Å². The Labute approximate surface area is 171 Å². The summed E-state index contributed by atoms with van der Waals surface area (Å²) in [7, 11) is 0. The lowest BCUT2D eigenvalue weighted by atomic mass is 9.86. The van der Waals surface area contributed by atoms with Gasteiger partial charge in [-0.15, -0.1) is 0 Å². The maximum atomic E-state index is 13.3. The van der Waals surface area contributed by atoms with Gasteiger partial charge in [0, 0.05) is 34.1 Å². The molecule has 0 spiro atoms. The lowest BCUT2D eigenvalue weighted by Gasteiger charge is -2.46. The number of aromatic nitrogens is 1. The van der Waals surface area contributed by atoms with Crippen molar-refractivity contribution in [1.82, 2.24) is 14.8 Å². The van der Waals surface area contributed by atoms with Crippen molar-refractivity contribution < 1.29 is 23.2 Å². The largest absolute Gasteiger partial charge is 0.454 e. The molecule has 6 rings (SSSR count). The molecule has 2 amide bonds. The minimum Gasteiger partial charge on any atom is -0.454 e. The minimum absolute atomic E-state index is 0.123. The number of hydrogen-bond acceptors (Lipinski definition) is 4. The molecule has 3 aliphatic heterocycles. The summed E-state index contributed by atoms with van der Waals surface area (Å²) in [5.41, 5.74) is 3.40. The number of amides is 2. The number of hydrogen-bond donors (Lipinski definition) is 1. The summed E-state index contributed by atoms with van der Waals surface area (Å²) in [4.78, 5) is 32.3. The van der Waals surface area contributed by atoms with Gasteiger partial charge in [-0.1, -0.05) is 24.3 Å². The molecule has 1 aromatic heterocycles. The fourth-order valence-corrected chi connectivity index (χ4v) is 4.69. The Morgan fingerprint density at radius 2 is 2.00 bits per heavy atom. The van der Waals surface area contributed by atoms with Crippen molar-refractivity contribution in [3.63, 3.8) is 0 Å². The average Bonchev–Trinajstić information content (AvgIpc) is 3.37. The van der Waals surface area contributed by atoms with E-state index in [0.717, 1.165) is 27.7 Å². The average molecular weight is 392 g/mol. The van der Waals surface area contributed by atoms with Crippen molar-refractivity contribution in [1.29, 1.82) is 0 Å². The molecule has 0 saturated carbocycles. The van der Waals surface area contributed by atoms with E-state index in [9.17, 15) is 9.59 Å². The summed E-state index contributed by atoms with van der Waals surface area (Å²) in [5, 5.41) is 0.958. The third kappa shape index (κ3) is 2.24. The number of benzene rings is 2. The molecule has 7 nitrogen and oxygen atoms in total. The Hall–Kier alpha value is -3.48. The Bertz CT molecular complexity index is 1290. The fourth-order valence-electron chi connectivity index (χ4n) is 4.69. The second-order valence-corrected chi connectivity index (χ2v) is 7.52. The van der Waals surface area contributed by atoms with Gasteiger partial charge in [-0.25, -0.2) is 0 Å². The number of likely N-dealkylation sites (N-methyl/N-ethyl adjacent to an activating group) is 1. The van der Waals surface area contributed by atoms with E-state index in [1.165, 1.54) is 4.90 Å². The molecule has 0 aliphatic carbocycles. The highest BCUT2D eigenvalue weighted by atomic mass is 16.7. The molecule has 7 heteroatoms. The number of para-hydroxylation sites is 1. The molecule has 1 saturated heterocycles. The van der Waals surface area contributed by atoms with Crippen molar-refractivity contribution >= 4 is 22.7 Å². The molecular weight excluding hydrogens is 370 g/mol. The molecule has 4 heterocycles. The highest BCUT2D eigenvalue weighted by Gasteiger charge is 2.47. The van der Waals surface area contributed by atoms with Crippen LogP contribution in [-0.2, 0) is 16.0 Å². The topological polar surface area (TPSA) is 74.9 Å². The Morgan fingerprint density at radius 1 is 1.14 bits per heavy atom. The molecule has 0 radical (unpaired) electrons. The Kier molecular flexibility index (Phi) is 2.71. The molecule has 1 N–H and O–H groups in total. The van der Waals surface area contributed by atoms with Gasteiger partial charge in [-0.3, -0.25) is 9.59 Å². The molecule has 146 valence electrons. The predicted octanol–water partition coefficient (Wildman–Crippen LogP) is 2.21. The maximum absolute atomic E-state index is 13.3. The number of nitrogens with zero attached hydrogens (tertiary/aromatic N) is 2. The van der Waals surface area contributed by atoms with Crippen LogP contribution in [0.15, 0.2) is 42.5 Å². The number of piperazine rings is 1. The SMILES string of the molecule is [2H]C([2H])([2H])N1CC(=O)N2[C@H](c3ccc4c(c3)OCO4)c3[nH]c4ccccc4c3C[C@@H]2C1=O. The van der Waals surface area contributed by atoms with Gasteiger partial charge < -0.3 is 24.3 Å². The normalized spacial score (nSPS) is 24.8. The standard InChI is InChI=1S/C22H19N3O4/c1-24-10-19(26)25-16(22(24)27)9-14-13-4-2-3-5-15(13)23-20(14)21(25)12-6-7-17-18(8-12)29-11-28-17/h2-8,16,21,23H,9-11H2,1H3/t16-,21-/m1/s1/i1D3. The maximum Gasteiger partial charge on any atom is 0.245 e. The summed E-state index contributed by atoms with van der Waals surface area (Å²) in [6.07, 6.45) is 0.248. The van der Waals surface area contributed by atoms with Gasteiger partial charge in [0.15, 0.2) is 11.5 Å². The van der Waals surface area contributed by atoms with Gasteiger partial charge in [0.25, 0.3) is 0 Å². The van der Waals surface area contributed by atoms with Crippen molar-refractivity contribution in [2.75, 3.05) is 20.3 Å². The first kappa shape index (κ1) is 13.7. The molecule has 29 heavy (non-hydrogen) atoms. The van der Waals surface area contributed by atoms with Crippen molar-refractivity contribution in [2.24, 2.45) is 0 Å². The first-order valence-electron chi connectivity index (χ1n) is 10.9. The third-order valence-corrected chi connectivity index (χ3v) is 5.98. The lowest BCUT2D eigenvalue weighted by Crippen LogP contribution is -2.62. The van der Waals surface area contributed by atoms with Crippen LogP contribution in [-0.4, -0.2) is 53.0 Å². The van der Waals surface area contributed by atoms with E-state index in [2.05, 4.69) is 4.98 Å². The van der Waals surface area contributed by atoms with E-state index in [4.69, 9.17) is 13.6 Å². The molecule has 0 unspecified atom stereocenters. The highest BCUT2D eigenvalue weighted by molar-refractivity contribution is 5.97. The lowest BCUT2D eigenvalue weighted by molar-refractivity contribution is -0.157. The summed E-state index contributed by atoms with van der Waals surface area (Å²) in [6.45, 7) is -3.03. The zero-order chi connectivity index (χ0) is 22.2. The number of carbonyl (C=O) groups excluding carboxylic acids is 2. The summed E-state index contributed by atoms with van der Waals surface area (Å²) in [6, 6.07) is 11.7. The van der Waals surface area contributed by atoms with Crippen LogP contribution in [0.1, 0.15) is 27.0 Å². The van der Waals surface area contributed by atoms with Gasteiger partial charge in [-0.05, 0) is 29.3 Å². The second-order valence-electron chi connectivity index (χ2n) is 7.52. The van der Waals surface area contributed by atoms with Crippen LogP contribution in [0.25, 0.3) is 10.9 Å². The molecule has 3 aromatic rings. The Balaban J connectivity index is 1.55. The van der Waals surface area contributed by atoms with Crippen LogP contribution in [0, 0.1) is 0 Å². The van der Waals surface area contributed by atoms with E-state index >= 15 is 0 Å². The third-order valence-electron chi connectivity index (χ3n) is 5.98. The van der Waals surface area contributed by atoms with Crippen LogP contribution in [0.4, 0.5) is 0 Å². The smallest absolute Gasteiger partial charge is 0.245 e. The van der Waals surface area contributed by atoms with E-state index in [-0.39, 0.29) is 13.2 Å². The fraction of sp³-hybridized carbons (Fsp3) is 0.273. The van der Waals surface area contributed by atoms with E-state index < -0.39 is 37.4 Å². The number of fused-ring (bicyclic) bond motifs is 5. The van der Waals surface area contributed by atoms with E-state index in [1.54, 1.807) is 6.07 Å². The van der Waals surface area contributed by atoms with Crippen molar-refractivity contribution in [3.05, 3.63) is 59.3 Å². The number of H-pyrrole nitrogens is 1. The molecule has 2 atom stereocenters. The molecule has 0 bridgehead atoms. The molecular formula is C22H19N3O4. The van der Waals surface area contributed by atoms with Crippen LogP contribution in [0.5, 0.6) is 11.5 Å². The van der Waals surface area contributed by atoms with Crippen molar-refractivity contribution in [2.45, 2.75) is 18.5 Å². The molecule has 2 aromatic carbocycles. The zero-order valence-corrected chi connectivity index (χ0v) is 15.3. The first-order valence-corrected chi connectivity index (χ1v) is 9.44.